The molecule has 0 aliphatic carbocycles. The molecule has 1 amide bonds. The number of hydrogen-bond donors (Lipinski definition) is 0. The molecular formula is C30H32N2O3S. The van der Waals surface area contributed by atoms with Gasteiger partial charge in [-0.05, 0) is 73.0 Å². The second-order valence-electron chi connectivity index (χ2n) is 9.06. The molecule has 0 radical (unpaired) electrons. The van der Waals surface area contributed by atoms with Crippen LogP contribution in [0.1, 0.15) is 37.5 Å². The van der Waals surface area contributed by atoms with Gasteiger partial charge in [-0.25, -0.2) is 4.99 Å². The lowest BCUT2D eigenvalue weighted by Gasteiger charge is -2.17. The van der Waals surface area contributed by atoms with Crippen molar-refractivity contribution in [3.63, 3.8) is 0 Å². The van der Waals surface area contributed by atoms with Gasteiger partial charge in [0.2, 0.25) is 0 Å². The second-order valence-corrected chi connectivity index (χ2v) is 10.1. The van der Waals surface area contributed by atoms with Crippen LogP contribution in [0, 0.1) is 12.8 Å². The predicted octanol–water partition coefficient (Wildman–Crippen LogP) is 7.23. The summed E-state index contributed by atoms with van der Waals surface area (Å²) in [6.45, 7) is 9.79. The quantitative estimate of drug-likeness (QED) is 0.291. The normalized spacial score (nSPS) is 15.8. The Labute approximate surface area is 217 Å². The largest absolute Gasteiger partial charge is 0.490 e. The zero-order valence-electron chi connectivity index (χ0n) is 21.2. The molecule has 3 aromatic rings. The van der Waals surface area contributed by atoms with E-state index in [2.05, 4.69) is 13.8 Å². The van der Waals surface area contributed by atoms with E-state index >= 15 is 0 Å². The number of benzene rings is 3. The summed E-state index contributed by atoms with van der Waals surface area (Å²) in [6, 6.07) is 23.8. The maximum absolute atomic E-state index is 13.3. The molecule has 4 rings (SSSR count). The lowest BCUT2D eigenvalue weighted by atomic mass is 10.1. The summed E-state index contributed by atoms with van der Waals surface area (Å²) in [4.78, 5) is 20.5. The maximum atomic E-state index is 13.3. The first-order chi connectivity index (χ1) is 17.4. The second kappa shape index (κ2) is 12.0. The van der Waals surface area contributed by atoms with E-state index in [0.29, 0.717) is 47.2 Å². The van der Waals surface area contributed by atoms with Gasteiger partial charge in [0.1, 0.15) is 6.61 Å². The van der Waals surface area contributed by atoms with Crippen molar-refractivity contribution in [3.8, 4) is 11.5 Å². The highest BCUT2D eigenvalue weighted by atomic mass is 32.2. The van der Waals surface area contributed by atoms with Crippen molar-refractivity contribution < 1.29 is 14.3 Å². The zero-order valence-corrected chi connectivity index (χ0v) is 22.0. The van der Waals surface area contributed by atoms with E-state index in [4.69, 9.17) is 14.5 Å². The highest BCUT2D eigenvalue weighted by molar-refractivity contribution is 8.18. The van der Waals surface area contributed by atoms with Crippen molar-refractivity contribution in [2.75, 3.05) is 13.2 Å². The van der Waals surface area contributed by atoms with Crippen molar-refractivity contribution in [1.82, 2.24) is 4.90 Å². The van der Waals surface area contributed by atoms with Gasteiger partial charge in [0, 0.05) is 6.54 Å². The Morgan fingerprint density at radius 2 is 1.72 bits per heavy atom. The van der Waals surface area contributed by atoms with E-state index in [1.54, 1.807) is 4.90 Å². The maximum Gasteiger partial charge on any atom is 0.266 e. The SMILES string of the molecule is CCOc1cc(/C=C2/SC(=Nc3ccc(C)cc3)N(CC(C)C)C2=O)ccc1OCc1ccccc1. The molecular weight excluding hydrogens is 468 g/mol. The minimum atomic E-state index is -0.0260. The Morgan fingerprint density at radius 3 is 2.42 bits per heavy atom. The molecule has 186 valence electrons. The summed E-state index contributed by atoms with van der Waals surface area (Å²) in [7, 11) is 0. The van der Waals surface area contributed by atoms with Crippen LogP contribution in [-0.2, 0) is 11.4 Å². The van der Waals surface area contributed by atoms with E-state index in [1.807, 2.05) is 92.7 Å². The number of aryl methyl sites for hydroxylation is 1. The standard InChI is InChI=1S/C30H32N2O3S/c1-5-34-27-17-24(13-16-26(27)35-20-23-9-7-6-8-10-23)18-28-29(33)32(19-21(2)3)30(36-28)31-25-14-11-22(4)12-15-25/h6-18,21H,5,19-20H2,1-4H3/b28-18+,31-30?. The molecule has 0 spiro atoms. The molecule has 5 nitrogen and oxygen atoms in total. The fraction of sp³-hybridized carbons (Fsp3) is 0.267. The molecule has 1 fully saturated rings. The highest BCUT2D eigenvalue weighted by Crippen LogP contribution is 2.36. The summed E-state index contributed by atoms with van der Waals surface area (Å²) in [6.07, 6.45) is 1.90. The van der Waals surface area contributed by atoms with Crippen molar-refractivity contribution >= 4 is 34.6 Å². The van der Waals surface area contributed by atoms with Crippen LogP contribution in [0.5, 0.6) is 11.5 Å². The van der Waals surface area contributed by atoms with Gasteiger partial charge in [0.25, 0.3) is 5.91 Å². The Morgan fingerprint density at radius 1 is 0.972 bits per heavy atom. The zero-order chi connectivity index (χ0) is 25.5. The van der Waals surface area contributed by atoms with Gasteiger partial charge in [-0.2, -0.15) is 0 Å². The minimum absolute atomic E-state index is 0.0260. The van der Waals surface area contributed by atoms with Crippen LogP contribution in [0.15, 0.2) is 82.7 Å². The number of carbonyl (C=O) groups excluding carboxylic acids is 1. The van der Waals surface area contributed by atoms with Gasteiger partial charge in [-0.1, -0.05) is 67.9 Å². The van der Waals surface area contributed by atoms with Crippen molar-refractivity contribution in [1.29, 1.82) is 0 Å². The third kappa shape index (κ3) is 6.58. The topological polar surface area (TPSA) is 51.1 Å². The number of amidine groups is 1. The molecule has 3 aromatic carbocycles. The first-order valence-corrected chi connectivity index (χ1v) is 13.0. The van der Waals surface area contributed by atoms with Crippen LogP contribution in [0.3, 0.4) is 0 Å². The van der Waals surface area contributed by atoms with Gasteiger partial charge in [-0.15, -0.1) is 0 Å². The number of nitrogens with zero attached hydrogens (tertiary/aromatic N) is 2. The van der Waals surface area contributed by atoms with Crippen LogP contribution < -0.4 is 9.47 Å². The molecule has 0 aromatic heterocycles. The average molecular weight is 501 g/mol. The Kier molecular flexibility index (Phi) is 8.49. The molecule has 1 heterocycles. The summed E-state index contributed by atoms with van der Waals surface area (Å²) < 4.78 is 11.9. The fourth-order valence-electron chi connectivity index (χ4n) is 3.74. The van der Waals surface area contributed by atoms with Crippen LogP contribution in [0.2, 0.25) is 0 Å². The minimum Gasteiger partial charge on any atom is -0.490 e. The highest BCUT2D eigenvalue weighted by Gasteiger charge is 2.33. The molecule has 1 saturated heterocycles. The van der Waals surface area contributed by atoms with Crippen molar-refractivity contribution in [3.05, 3.63) is 94.4 Å². The fourth-order valence-corrected chi connectivity index (χ4v) is 4.74. The van der Waals surface area contributed by atoms with Crippen LogP contribution >= 0.6 is 11.8 Å². The Balaban J connectivity index is 1.59. The van der Waals surface area contributed by atoms with E-state index in [1.165, 1.54) is 17.3 Å². The third-order valence-electron chi connectivity index (χ3n) is 5.50. The van der Waals surface area contributed by atoms with Gasteiger partial charge < -0.3 is 9.47 Å². The lowest BCUT2D eigenvalue weighted by molar-refractivity contribution is -0.122. The summed E-state index contributed by atoms with van der Waals surface area (Å²) in [5, 5.41) is 0.705. The lowest BCUT2D eigenvalue weighted by Crippen LogP contribution is -2.32. The molecule has 0 bridgehead atoms. The molecule has 0 unspecified atom stereocenters. The number of thioether (sulfide) groups is 1. The van der Waals surface area contributed by atoms with Crippen molar-refractivity contribution in [2.24, 2.45) is 10.9 Å². The smallest absolute Gasteiger partial charge is 0.266 e. The molecule has 0 saturated carbocycles. The van der Waals surface area contributed by atoms with Crippen LogP contribution in [-0.4, -0.2) is 29.1 Å². The van der Waals surface area contributed by atoms with Crippen LogP contribution in [0.25, 0.3) is 6.08 Å². The first-order valence-electron chi connectivity index (χ1n) is 12.2. The number of aliphatic imine (C=N–C) groups is 1. The molecule has 36 heavy (non-hydrogen) atoms. The van der Waals surface area contributed by atoms with Gasteiger partial charge >= 0.3 is 0 Å². The molecule has 6 heteroatoms. The Hall–Kier alpha value is -3.51. The van der Waals surface area contributed by atoms with E-state index in [-0.39, 0.29) is 5.91 Å². The number of rotatable bonds is 9. The Bertz CT molecular complexity index is 1250. The monoisotopic (exact) mass is 500 g/mol. The number of hydrogen-bond acceptors (Lipinski definition) is 5. The summed E-state index contributed by atoms with van der Waals surface area (Å²) >= 11 is 1.41. The summed E-state index contributed by atoms with van der Waals surface area (Å²) in [5.74, 6) is 1.63. The number of ether oxygens (including phenoxy) is 2. The molecule has 1 aliphatic rings. The number of amides is 1. The van der Waals surface area contributed by atoms with Crippen molar-refractivity contribution in [2.45, 2.75) is 34.3 Å². The number of carbonyl (C=O) groups is 1. The molecule has 1 aliphatic heterocycles. The summed E-state index contributed by atoms with van der Waals surface area (Å²) in [5.41, 5.74) is 3.98. The van der Waals surface area contributed by atoms with Gasteiger partial charge in [-0.3, -0.25) is 9.69 Å². The van der Waals surface area contributed by atoms with Gasteiger partial charge in [0.15, 0.2) is 16.7 Å². The molecule has 0 N–H and O–H groups in total. The van der Waals surface area contributed by atoms with Gasteiger partial charge in [0.05, 0.1) is 17.2 Å². The van der Waals surface area contributed by atoms with E-state index in [0.717, 1.165) is 16.8 Å². The van der Waals surface area contributed by atoms with Crippen LogP contribution in [0.4, 0.5) is 5.69 Å². The van der Waals surface area contributed by atoms with E-state index in [9.17, 15) is 4.79 Å². The average Bonchev–Trinajstić information content (AvgIpc) is 3.14. The predicted molar refractivity (Wildman–Crippen MR) is 149 cm³/mol. The van der Waals surface area contributed by atoms with E-state index < -0.39 is 0 Å². The first kappa shape index (κ1) is 25.6. The third-order valence-corrected chi connectivity index (χ3v) is 6.50. The molecule has 0 atom stereocenters.